The lowest BCUT2D eigenvalue weighted by Crippen LogP contribution is -2.31. The van der Waals surface area contributed by atoms with Crippen molar-refractivity contribution in [2.75, 3.05) is 11.9 Å². The normalized spacial score (nSPS) is 22.4. The van der Waals surface area contributed by atoms with Gasteiger partial charge in [-0.25, -0.2) is 9.97 Å². The molecule has 0 bridgehead atoms. The van der Waals surface area contributed by atoms with Gasteiger partial charge >= 0.3 is 10.3 Å². The minimum absolute atomic E-state index is 0.0192. The number of aliphatic hydroxyl groups excluding tert-OH is 1. The number of hydrogen-bond acceptors (Lipinski definition) is 8. The Kier molecular flexibility index (Phi) is 5.25. The number of nitrogens with one attached hydrogen (secondary N) is 2. The van der Waals surface area contributed by atoms with Crippen LogP contribution in [0.5, 0.6) is 0 Å². The lowest BCUT2D eigenvalue weighted by Gasteiger charge is -2.14. The molecule has 3 aromatic heterocycles. The van der Waals surface area contributed by atoms with Crippen LogP contribution in [0, 0.1) is 12.8 Å². The van der Waals surface area contributed by atoms with Crippen LogP contribution in [-0.2, 0) is 16.8 Å². The summed E-state index contributed by atoms with van der Waals surface area (Å²) in [6.45, 7) is 2.27. The highest BCUT2D eigenvalue weighted by atomic mass is 32.2. The Morgan fingerprint density at radius 3 is 2.90 bits per heavy atom. The second-order valence-corrected chi connectivity index (χ2v) is 8.48. The van der Waals surface area contributed by atoms with E-state index in [1.807, 2.05) is 34.5 Å². The fraction of sp³-hybridized carbons (Fsp3) is 0.471. The third-order valence-corrected chi connectivity index (χ3v) is 5.71. The zero-order chi connectivity index (χ0) is 20.6. The first-order valence-corrected chi connectivity index (χ1v) is 10.6. The first-order chi connectivity index (χ1) is 13.8. The van der Waals surface area contributed by atoms with E-state index >= 15 is 0 Å². The van der Waals surface area contributed by atoms with Gasteiger partial charge in [-0.15, -0.1) is 0 Å². The Morgan fingerprint density at radius 1 is 1.34 bits per heavy atom. The number of fused-ring (bicyclic) bond motifs is 1. The second kappa shape index (κ2) is 7.71. The molecule has 1 aliphatic carbocycles. The molecule has 0 saturated heterocycles. The summed E-state index contributed by atoms with van der Waals surface area (Å²) in [5.74, 6) is 1.10. The molecule has 4 rings (SSSR count). The molecular weight excluding hydrogens is 400 g/mol. The fourth-order valence-corrected chi connectivity index (χ4v) is 4.24. The number of rotatable bonds is 7. The van der Waals surface area contributed by atoms with Gasteiger partial charge < -0.3 is 19.5 Å². The highest BCUT2D eigenvalue weighted by Gasteiger charge is 2.35. The van der Waals surface area contributed by atoms with E-state index in [9.17, 15) is 13.5 Å². The molecule has 0 spiro atoms. The zero-order valence-corrected chi connectivity index (χ0v) is 16.5. The van der Waals surface area contributed by atoms with Gasteiger partial charge in [0.05, 0.1) is 18.0 Å². The maximum atomic E-state index is 10.9. The van der Waals surface area contributed by atoms with E-state index in [4.69, 9.17) is 9.08 Å². The summed E-state index contributed by atoms with van der Waals surface area (Å²) in [5, 5.41) is 18.3. The van der Waals surface area contributed by atoms with E-state index in [1.54, 1.807) is 0 Å². The van der Waals surface area contributed by atoms with Crippen molar-refractivity contribution in [2.45, 2.75) is 38.5 Å². The van der Waals surface area contributed by atoms with Crippen LogP contribution in [-0.4, -0.2) is 50.4 Å². The number of hydrogen-bond donors (Lipinski definition) is 4. The van der Waals surface area contributed by atoms with Crippen molar-refractivity contribution < 1.29 is 22.6 Å². The Hall–Kier alpha value is -2.54. The number of nitrogens with zero attached hydrogens (tertiary/aromatic N) is 4. The van der Waals surface area contributed by atoms with Gasteiger partial charge in [-0.05, 0) is 25.8 Å². The molecule has 0 aromatic carbocycles. The smallest absolute Gasteiger partial charge is 0.333 e. The van der Waals surface area contributed by atoms with E-state index in [-0.39, 0.29) is 18.5 Å². The summed E-state index contributed by atoms with van der Waals surface area (Å²) in [6.07, 6.45) is 3.70. The van der Waals surface area contributed by atoms with Crippen LogP contribution < -0.4 is 10.0 Å². The molecular formula is C17H22N6O5S. The molecule has 4 N–H and O–H groups in total. The van der Waals surface area contributed by atoms with E-state index in [1.165, 1.54) is 6.33 Å². The number of anilines is 1. The molecule has 29 heavy (non-hydrogen) atoms. The third-order valence-electron chi connectivity index (χ3n) is 5.18. The molecule has 156 valence electrons. The third kappa shape index (κ3) is 4.40. The van der Waals surface area contributed by atoms with Crippen LogP contribution in [0.1, 0.15) is 30.3 Å². The fourth-order valence-electron chi connectivity index (χ4n) is 3.81. The molecule has 3 heterocycles. The highest BCUT2D eigenvalue weighted by molar-refractivity contribution is 7.83. The summed E-state index contributed by atoms with van der Waals surface area (Å²) < 4.78 is 39.8. The van der Waals surface area contributed by atoms with Crippen molar-refractivity contribution in [1.29, 1.82) is 0 Å². The van der Waals surface area contributed by atoms with Gasteiger partial charge in [0.15, 0.2) is 0 Å². The van der Waals surface area contributed by atoms with Gasteiger partial charge in [0.1, 0.15) is 29.2 Å². The molecule has 1 aliphatic rings. The van der Waals surface area contributed by atoms with Crippen molar-refractivity contribution in [2.24, 2.45) is 5.92 Å². The van der Waals surface area contributed by atoms with Crippen LogP contribution in [0.2, 0.25) is 0 Å². The molecule has 3 aromatic rings. The zero-order valence-electron chi connectivity index (χ0n) is 15.7. The summed E-state index contributed by atoms with van der Waals surface area (Å²) in [6, 6.07) is 3.70. The van der Waals surface area contributed by atoms with Gasteiger partial charge in [-0.3, -0.25) is 4.55 Å². The van der Waals surface area contributed by atoms with E-state index in [0.717, 1.165) is 22.5 Å². The predicted molar refractivity (Wildman–Crippen MR) is 103 cm³/mol. The van der Waals surface area contributed by atoms with E-state index < -0.39 is 16.4 Å². The van der Waals surface area contributed by atoms with E-state index in [0.29, 0.717) is 25.2 Å². The first-order valence-electron chi connectivity index (χ1n) is 9.18. The summed E-state index contributed by atoms with van der Waals surface area (Å²) in [5.41, 5.74) is 1.49. The van der Waals surface area contributed by atoms with Crippen LogP contribution >= 0.6 is 0 Å². The number of aromatic nitrogens is 4. The first kappa shape index (κ1) is 19.8. The average Bonchev–Trinajstić information content (AvgIpc) is 3.36. The molecule has 12 heteroatoms. The lowest BCUT2D eigenvalue weighted by molar-refractivity contribution is 0.133. The number of aryl methyl sites for hydroxylation is 1. The Bertz CT molecular complexity index is 1110. The van der Waals surface area contributed by atoms with Crippen molar-refractivity contribution in [3.63, 3.8) is 0 Å². The van der Waals surface area contributed by atoms with Gasteiger partial charge in [-0.2, -0.15) is 13.1 Å². The topological polar surface area (TPSA) is 155 Å². The van der Waals surface area contributed by atoms with Gasteiger partial charge in [0.2, 0.25) is 0 Å². The van der Waals surface area contributed by atoms with Crippen LogP contribution in [0.15, 0.2) is 29.2 Å². The standard InChI is InChI=1S/C17H22N6O5S/c1-10-4-12(22-28-10)8-18-16-14-2-3-23(17(14)20-9-19-16)13-5-11(15(24)6-13)7-21-29(25,26)27/h2-4,9,11,13,15,21,24H,5-8H2,1H3,(H,18,19,20)(H,25,26,27)/t11-,13+,15-/m0/s1. The minimum atomic E-state index is -4.28. The maximum Gasteiger partial charge on any atom is 0.333 e. The Balaban J connectivity index is 1.50. The summed E-state index contributed by atoms with van der Waals surface area (Å²) in [7, 11) is -4.28. The average molecular weight is 422 g/mol. The molecule has 0 radical (unpaired) electrons. The molecule has 1 fully saturated rings. The molecule has 0 amide bonds. The van der Waals surface area contributed by atoms with Crippen molar-refractivity contribution in [3.8, 4) is 0 Å². The lowest BCUT2D eigenvalue weighted by atomic mass is 10.1. The summed E-state index contributed by atoms with van der Waals surface area (Å²) in [4.78, 5) is 8.69. The molecule has 1 saturated carbocycles. The van der Waals surface area contributed by atoms with Crippen molar-refractivity contribution in [3.05, 3.63) is 36.1 Å². The van der Waals surface area contributed by atoms with Gasteiger partial charge in [0, 0.05) is 30.8 Å². The highest BCUT2D eigenvalue weighted by Crippen LogP contribution is 2.37. The molecule has 0 unspecified atom stereocenters. The Labute approximate surface area is 167 Å². The molecule has 3 atom stereocenters. The van der Waals surface area contributed by atoms with Crippen molar-refractivity contribution in [1.82, 2.24) is 24.4 Å². The monoisotopic (exact) mass is 422 g/mol. The second-order valence-electron chi connectivity index (χ2n) is 7.24. The minimum Gasteiger partial charge on any atom is -0.393 e. The van der Waals surface area contributed by atoms with Crippen LogP contribution in [0.25, 0.3) is 11.0 Å². The van der Waals surface area contributed by atoms with Crippen LogP contribution in [0.3, 0.4) is 0 Å². The summed E-state index contributed by atoms with van der Waals surface area (Å²) >= 11 is 0. The van der Waals surface area contributed by atoms with Gasteiger partial charge in [0.25, 0.3) is 0 Å². The quantitative estimate of drug-likeness (QED) is 0.409. The van der Waals surface area contributed by atoms with Crippen molar-refractivity contribution >= 4 is 27.2 Å². The molecule has 11 nitrogen and oxygen atoms in total. The maximum absolute atomic E-state index is 10.9. The van der Waals surface area contributed by atoms with Gasteiger partial charge in [-0.1, -0.05) is 5.16 Å². The Morgan fingerprint density at radius 2 is 2.17 bits per heavy atom. The SMILES string of the molecule is Cc1cc(CNc2ncnc3c2ccn3[C@@H]2C[C@@H](CNS(=O)(=O)O)[C@@H](O)C2)no1. The number of aliphatic hydroxyl groups is 1. The predicted octanol–water partition coefficient (Wildman–Crippen LogP) is 1.04. The largest absolute Gasteiger partial charge is 0.393 e. The van der Waals surface area contributed by atoms with E-state index in [2.05, 4.69) is 20.4 Å². The van der Waals surface area contributed by atoms with Crippen LogP contribution in [0.4, 0.5) is 5.82 Å². The molecule has 0 aliphatic heterocycles.